The number of thiazole rings is 1. The van der Waals surface area contributed by atoms with Gasteiger partial charge in [0.05, 0.1) is 30.3 Å². The average Bonchev–Trinajstić information content (AvgIpc) is 3.26. The van der Waals surface area contributed by atoms with E-state index in [0.717, 1.165) is 37.9 Å². The predicted octanol–water partition coefficient (Wildman–Crippen LogP) is 5.63. The van der Waals surface area contributed by atoms with E-state index in [4.69, 9.17) is 9.72 Å². The standard InChI is InChI=1S/C26H21N3O2S/c1-31-21-11-12-23-24(15-21)32-26(28-23)29(17-18-6-5-13-27-16-18)25(30)14-20-9-4-8-19-7-2-3-10-22(19)20/h2-13,15-16H,14,17H2,1H3. The summed E-state index contributed by atoms with van der Waals surface area (Å²) in [5, 5.41) is 2.89. The highest BCUT2D eigenvalue weighted by molar-refractivity contribution is 7.22. The van der Waals surface area contributed by atoms with Crippen molar-refractivity contribution in [3.8, 4) is 5.75 Å². The minimum atomic E-state index is -0.00349. The zero-order valence-corrected chi connectivity index (χ0v) is 18.4. The van der Waals surface area contributed by atoms with Crippen molar-refractivity contribution in [1.29, 1.82) is 0 Å². The Morgan fingerprint density at radius 2 is 1.91 bits per heavy atom. The summed E-state index contributed by atoms with van der Waals surface area (Å²) in [4.78, 5) is 24.3. The Balaban J connectivity index is 1.52. The summed E-state index contributed by atoms with van der Waals surface area (Å²) < 4.78 is 6.33. The van der Waals surface area contributed by atoms with Crippen LogP contribution >= 0.6 is 11.3 Å². The first kappa shape index (κ1) is 20.2. The Labute approximate surface area is 189 Å². The number of nitrogens with zero attached hydrogens (tertiary/aromatic N) is 3. The average molecular weight is 440 g/mol. The van der Waals surface area contributed by atoms with Crippen molar-refractivity contribution < 1.29 is 9.53 Å². The molecule has 2 aromatic heterocycles. The third kappa shape index (κ3) is 4.05. The second kappa shape index (κ2) is 8.77. The Bertz CT molecular complexity index is 1390. The largest absolute Gasteiger partial charge is 0.497 e. The number of amides is 1. The van der Waals surface area contributed by atoms with Gasteiger partial charge in [0.25, 0.3) is 0 Å². The fourth-order valence-corrected chi connectivity index (χ4v) is 4.79. The van der Waals surface area contributed by atoms with Crippen LogP contribution in [0.25, 0.3) is 21.0 Å². The van der Waals surface area contributed by atoms with Gasteiger partial charge >= 0.3 is 0 Å². The molecular weight excluding hydrogens is 418 g/mol. The van der Waals surface area contributed by atoms with Crippen LogP contribution in [0.15, 0.2) is 85.2 Å². The maximum atomic E-state index is 13.6. The SMILES string of the molecule is COc1ccc2nc(N(Cc3cccnc3)C(=O)Cc3cccc4ccccc34)sc2c1. The van der Waals surface area contributed by atoms with Gasteiger partial charge in [-0.25, -0.2) is 4.98 Å². The summed E-state index contributed by atoms with van der Waals surface area (Å²) in [6.07, 6.45) is 3.81. The van der Waals surface area contributed by atoms with Crippen LogP contribution in [0.1, 0.15) is 11.1 Å². The second-order valence-corrected chi connectivity index (χ2v) is 8.50. The molecule has 5 rings (SSSR count). The lowest BCUT2D eigenvalue weighted by atomic mass is 10.0. The Morgan fingerprint density at radius 1 is 1.03 bits per heavy atom. The third-order valence-electron chi connectivity index (χ3n) is 5.40. The number of ether oxygens (including phenoxy) is 1. The maximum Gasteiger partial charge on any atom is 0.233 e. The first-order chi connectivity index (χ1) is 15.7. The van der Waals surface area contributed by atoms with Crippen molar-refractivity contribution in [2.75, 3.05) is 12.0 Å². The molecule has 0 aliphatic heterocycles. The van der Waals surface area contributed by atoms with Gasteiger partial charge in [-0.15, -0.1) is 0 Å². The van der Waals surface area contributed by atoms with E-state index >= 15 is 0 Å². The fourth-order valence-electron chi connectivity index (χ4n) is 3.78. The van der Waals surface area contributed by atoms with E-state index < -0.39 is 0 Å². The molecule has 0 bridgehead atoms. The fraction of sp³-hybridized carbons (Fsp3) is 0.115. The number of carbonyl (C=O) groups is 1. The molecule has 5 nitrogen and oxygen atoms in total. The molecule has 0 aliphatic rings. The van der Waals surface area contributed by atoms with E-state index in [-0.39, 0.29) is 5.91 Å². The lowest BCUT2D eigenvalue weighted by Gasteiger charge is -2.20. The summed E-state index contributed by atoms with van der Waals surface area (Å²) >= 11 is 1.49. The molecule has 0 unspecified atom stereocenters. The molecule has 1 amide bonds. The highest BCUT2D eigenvalue weighted by Crippen LogP contribution is 2.33. The highest BCUT2D eigenvalue weighted by atomic mass is 32.1. The highest BCUT2D eigenvalue weighted by Gasteiger charge is 2.21. The molecule has 0 N–H and O–H groups in total. The normalized spacial score (nSPS) is 11.0. The second-order valence-electron chi connectivity index (χ2n) is 7.49. The Hall–Kier alpha value is -3.77. The van der Waals surface area contributed by atoms with Gasteiger partial charge in [0.15, 0.2) is 5.13 Å². The van der Waals surface area contributed by atoms with Gasteiger partial charge in [-0.3, -0.25) is 14.7 Å². The quantitative estimate of drug-likeness (QED) is 0.344. The summed E-state index contributed by atoms with van der Waals surface area (Å²) in [6, 6.07) is 23.8. The van der Waals surface area contributed by atoms with Crippen LogP contribution in [0.5, 0.6) is 5.75 Å². The first-order valence-electron chi connectivity index (χ1n) is 10.3. The van der Waals surface area contributed by atoms with Gasteiger partial charge in [0.1, 0.15) is 5.75 Å². The van der Waals surface area contributed by atoms with Crippen LogP contribution in [0.3, 0.4) is 0 Å². The minimum Gasteiger partial charge on any atom is -0.497 e. The number of fused-ring (bicyclic) bond motifs is 2. The van der Waals surface area contributed by atoms with E-state index in [0.29, 0.717) is 18.1 Å². The smallest absolute Gasteiger partial charge is 0.233 e. The maximum absolute atomic E-state index is 13.6. The number of hydrogen-bond acceptors (Lipinski definition) is 5. The summed E-state index contributed by atoms with van der Waals surface area (Å²) in [7, 11) is 1.64. The molecule has 0 saturated carbocycles. The predicted molar refractivity (Wildman–Crippen MR) is 129 cm³/mol. The zero-order valence-electron chi connectivity index (χ0n) is 17.6. The molecule has 0 radical (unpaired) electrons. The van der Waals surface area contributed by atoms with Crippen LogP contribution < -0.4 is 9.64 Å². The zero-order chi connectivity index (χ0) is 21.9. The van der Waals surface area contributed by atoms with Crippen molar-refractivity contribution in [2.45, 2.75) is 13.0 Å². The van der Waals surface area contributed by atoms with Crippen LogP contribution in [0, 0.1) is 0 Å². The summed E-state index contributed by atoms with van der Waals surface area (Å²) in [5.41, 5.74) is 2.81. The van der Waals surface area contributed by atoms with Gasteiger partial charge in [0, 0.05) is 12.4 Å². The van der Waals surface area contributed by atoms with Crippen LogP contribution in [0.4, 0.5) is 5.13 Å². The first-order valence-corrected chi connectivity index (χ1v) is 11.1. The molecule has 5 aromatic rings. The number of anilines is 1. The lowest BCUT2D eigenvalue weighted by Crippen LogP contribution is -2.31. The van der Waals surface area contributed by atoms with Crippen molar-refractivity contribution in [1.82, 2.24) is 9.97 Å². The van der Waals surface area contributed by atoms with Gasteiger partial charge in [-0.2, -0.15) is 0 Å². The molecule has 0 saturated heterocycles. The van der Waals surface area contributed by atoms with E-state index in [1.165, 1.54) is 11.3 Å². The Kier molecular flexibility index (Phi) is 5.52. The van der Waals surface area contributed by atoms with Gasteiger partial charge < -0.3 is 4.74 Å². The van der Waals surface area contributed by atoms with Crippen LogP contribution in [-0.4, -0.2) is 23.0 Å². The Morgan fingerprint density at radius 3 is 2.75 bits per heavy atom. The molecule has 0 atom stereocenters. The van der Waals surface area contributed by atoms with Crippen molar-refractivity contribution in [3.63, 3.8) is 0 Å². The molecule has 158 valence electrons. The molecule has 3 aromatic carbocycles. The molecule has 0 spiro atoms. The number of hydrogen-bond donors (Lipinski definition) is 0. The number of aromatic nitrogens is 2. The number of benzene rings is 3. The van der Waals surface area contributed by atoms with E-state index in [9.17, 15) is 4.79 Å². The molecule has 6 heteroatoms. The number of carbonyl (C=O) groups excluding carboxylic acids is 1. The molecule has 0 fully saturated rings. The topological polar surface area (TPSA) is 55.3 Å². The van der Waals surface area contributed by atoms with Crippen molar-refractivity contribution >= 4 is 43.4 Å². The number of methoxy groups -OCH3 is 1. The van der Waals surface area contributed by atoms with Crippen molar-refractivity contribution in [3.05, 3.63) is 96.3 Å². The summed E-state index contributed by atoms with van der Waals surface area (Å²) in [5.74, 6) is 0.768. The van der Waals surface area contributed by atoms with Crippen LogP contribution in [-0.2, 0) is 17.8 Å². The molecule has 0 aliphatic carbocycles. The molecule has 32 heavy (non-hydrogen) atoms. The van der Waals surface area contributed by atoms with Gasteiger partial charge in [-0.05, 0) is 46.2 Å². The monoisotopic (exact) mass is 439 g/mol. The lowest BCUT2D eigenvalue weighted by molar-refractivity contribution is -0.118. The van der Waals surface area contributed by atoms with Crippen LogP contribution in [0.2, 0.25) is 0 Å². The van der Waals surface area contributed by atoms with Gasteiger partial charge in [0.2, 0.25) is 5.91 Å². The minimum absolute atomic E-state index is 0.00349. The van der Waals surface area contributed by atoms with Crippen molar-refractivity contribution in [2.24, 2.45) is 0 Å². The third-order valence-corrected chi connectivity index (χ3v) is 6.44. The molecule has 2 heterocycles. The van der Waals surface area contributed by atoms with E-state index in [1.54, 1.807) is 24.4 Å². The van der Waals surface area contributed by atoms with E-state index in [2.05, 4.69) is 23.2 Å². The van der Waals surface area contributed by atoms with E-state index in [1.807, 2.05) is 54.6 Å². The molecular formula is C26H21N3O2S. The number of pyridine rings is 1. The number of rotatable bonds is 6. The summed E-state index contributed by atoms with van der Waals surface area (Å²) in [6.45, 7) is 0.411. The van der Waals surface area contributed by atoms with Gasteiger partial charge in [-0.1, -0.05) is 59.9 Å².